The molecule has 0 aliphatic rings. The zero-order valence-electron chi connectivity index (χ0n) is 13.8. The van der Waals surface area contributed by atoms with Crippen LogP contribution in [0.4, 0.5) is 10.5 Å². The number of hydrogen-bond acceptors (Lipinski definition) is 4. The first-order valence-corrected chi connectivity index (χ1v) is 7.81. The van der Waals surface area contributed by atoms with E-state index >= 15 is 0 Å². The lowest BCUT2D eigenvalue weighted by molar-refractivity contribution is 0.220. The molecule has 1 aromatic heterocycles. The van der Waals surface area contributed by atoms with E-state index < -0.39 is 0 Å². The summed E-state index contributed by atoms with van der Waals surface area (Å²) in [4.78, 5) is 21.9. The molecule has 0 aliphatic heterocycles. The predicted molar refractivity (Wildman–Crippen MR) is 95.5 cm³/mol. The van der Waals surface area contributed by atoms with Crippen molar-refractivity contribution in [2.24, 2.45) is 0 Å². The number of amides is 2. The molecule has 25 heavy (non-hydrogen) atoms. The Labute approximate surface area is 146 Å². The van der Waals surface area contributed by atoms with E-state index in [4.69, 9.17) is 4.74 Å². The van der Waals surface area contributed by atoms with Gasteiger partial charge in [-0.1, -0.05) is 18.2 Å². The van der Waals surface area contributed by atoms with Gasteiger partial charge in [0.2, 0.25) is 0 Å². The maximum absolute atomic E-state index is 12.2. The molecule has 3 aromatic rings. The maximum atomic E-state index is 12.2. The lowest BCUT2D eigenvalue weighted by Crippen LogP contribution is -2.31. The van der Waals surface area contributed by atoms with Crippen LogP contribution >= 0.6 is 0 Å². The third-order valence-corrected chi connectivity index (χ3v) is 3.45. The summed E-state index contributed by atoms with van der Waals surface area (Å²) in [5.74, 6) is 1.47. The van der Waals surface area contributed by atoms with Gasteiger partial charge in [-0.3, -0.25) is 9.97 Å². The number of carbonyl (C=O) groups is 1. The first kappa shape index (κ1) is 16.4. The fourth-order valence-electron chi connectivity index (χ4n) is 2.18. The van der Waals surface area contributed by atoms with Crippen molar-refractivity contribution in [1.82, 2.24) is 14.9 Å². The summed E-state index contributed by atoms with van der Waals surface area (Å²) in [5, 5.41) is 2.84. The van der Waals surface area contributed by atoms with Gasteiger partial charge in [0.1, 0.15) is 11.5 Å². The van der Waals surface area contributed by atoms with E-state index in [0.717, 1.165) is 11.4 Å². The summed E-state index contributed by atoms with van der Waals surface area (Å²) in [6.07, 6.45) is 4.84. The topological polar surface area (TPSA) is 67.4 Å². The van der Waals surface area contributed by atoms with Gasteiger partial charge in [-0.2, -0.15) is 0 Å². The Morgan fingerprint density at radius 2 is 1.76 bits per heavy atom. The van der Waals surface area contributed by atoms with Gasteiger partial charge in [0.15, 0.2) is 0 Å². The molecule has 0 bridgehead atoms. The van der Waals surface area contributed by atoms with Gasteiger partial charge < -0.3 is 15.0 Å². The Morgan fingerprint density at radius 3 is 2.44 bits per heavy atom. The van der Waals surface area contributed by atoms with Crippen LogP contribution in [0.3, 0.4) is 0 Å². The average molecular weight is 334 g/mol. The number of ether oxygens (including phenoxy) is 1. The van der Waals surface area contributed by atoms with Crippen LogP contribution in [0.15, 0.2) is 73.2 Å². The van der Waals surface area contributed by atoms with Crippen molar-refractivity contribution < 1.29 is 9.53 Å². The van der Waals surface area contributed by atoms with E-state index in [1.165, 1.54) is 0 Å². The number of nitrogens with zero attached hydrogens (tertiary/aromatic N) is 3. The summed E-state index contributed by atoms with van der Waals surface area (Å²) in [7, 11) is 1.71. The van der Waals surface area contributed by atoms with Gasteiger partial charge in [-0.15, -0.1) is 0 Å². The Morgan fingerprint density at radius 1 is 1.04 bits per heavy atom. The minimum Gasteiger partial charge on any atom is -0.457 e. The molecule has 126 valence electrons. The van der Waals surface area contributed by atoms with Crippen LogP contribution in [-0.2, 0) is 6.54 Å². The monoisotopic (exact) mass is 334 g/mol. The second-order valence-electron chi connectivity index (χ2n) is 5.42. The molecule has 2 amide bonds. The van der Waals surface area contributed by atoms with Crippen molar-refractivity contribution in [3.8, 4) is 11.5 Å². The van der Waals surface area contributed by atoms with E-state index in [9.17, 15) is 4.79 Å². The first-order valence-electron chi connectivity index (χ1n) is 7.81. The molecule has 0 unspecified atom stereocenters. The number of nitrogens with one attached hydrogen (secondary N) is 1. The van der Waals surface area contributed by atoms with Crippen molar-refractivity contribution in [3.63, 3.8) is 0 Å². The number of rotatable bonds is 5. The zero-order chi connectivity index (χ0) is 17.5. The summed E-state index contributed by atoms with van der Waals surface area (Å²) >= 11 is 0. The molecular formula is C19H18N4O2. The fraction of sp³-hybridized carbons (Fsp3) is 0.105. The molecule has 1 heterocycles. The van der Waals surface area contributed by atoms with E-state index in [2.05, 4.69) is 15.3 Å². The van der Waals surface area contributed by atoms with Crippen LogP contribution in [0.1, 0.15) is 5.69 Å². The molecular weight excluding hydrogens is 316 g/mol. The van der Waals surface area contributed by atoms with Crippen molar-refractivity contribution in [2.75, 3.05) is 12.4 Å². The highest BCUT2D eigenvalue weighted by Gasteiger charge is 2.10. The van der Waals surface area contributed by atoms with Crippen molar-refractivity contribution in [1.29, 1.82) is 0 Å². The van der Waals surface area contributed by atoms with Gasteiger partial charge in [0.25, 0.3) is 0 Å². The Kier molecular flexibility index (Phi) is 5.21. The van der Waals surface area contributed by atoms with Gasteiger partial charge >= 0.3 is 6.03 Å². The van der Waals surface area contributed by atoms with Gasteiger partial charge in [0.05, 0.1) is 18.4 Å². The molecule has 6 heteroatoms. The molecule has 6 nitrogen and oxygen atoms in total. The minimum absolute atomic E-state index is 0.220. The molecule has 0 atom stereocenters. The highest BCUT2D eigenvalue weighted by atomic mass is 16.5. The normalized spacial score (nSPS) is 10.1. The Hall–Kier alpha value is -3.41. The number of urea groups is 1. The quantitative estimate of drug-likeness (QED) is 0.767. The number of benzene rings is 2. The molecule has 2 aromatic carbocycles. The number of carbonyl (C=O) groups excluding carboxylic acids is 1. The molecule has 0 saturated carbocycles. The van der Waals surface area contributed by atoms with Crippen LogP contribution in [0.2, 0.25) is 0 Å². The number of hydrogen-bond donors (Lipinski definition) is 1. The minimum atomic E-state index is -0.220. The first-order chi connectivity index (χ1) is 12.2. The summed E-state index contributed by atoms with van der Waals surface area (Å²) in [5.41, 5.74) is 1.42. The van der Waals surface area contributed by atoms with Gasteiger partial charge in [-0.25, -0.2) is 4.79 Å². The van der Waals surface area contributed by atoms with Crippen LogP contribution in [0.25, 0.3) is 0 Å². The fourth-order valence-corrected chi connectivity index (χ4v) is 2.18. The van der Waals surface area contributed by atoms with E-state index in [1.807, 2.05) is 42.5 Å². The molecule has 0 radical (unpaired) electrons. The lowest BCUT2D eigenvalue weighted by Gasteiger charge is -2.17. The lowest BCUT2D eigenvalue weighted by atomic mass is 10.3. The van der Waals surface area contributed by atoms with E-state index in [-0.39, 0.29) is 6.03 Å². The third kappa shape index (κ3) is 4.78. The zero-order valence-corrected chi connectivity index (χ0v) is 13.8. The highest BCUT2D eigenvalue weighted by Crippen LogP contribution is 2.22. The number of aromatic nitrogens is 2. The molecule has 0 saturated heterocycles. The summed E-state index contributed by atoms with van der Waals surface area (Å²) < 4.78 is 5.73. The van der Waals surface area contributed by atoms with Crippen LogP contribution in [0, 0.1) is 0 Å². The van der Waals surface area contributed by atoms with E-state index in [1.54, 1.807) is 42.7 Å². The molecule has 0 aliphatic carbocycles. The van der Waals surface area contributed by atoms with Crippen LogP contribution in [0.5, 0.6) is 11.5 Å². The third-order valence-electron chi connectivity index (χ3n) is 3.45. The number of para-hydroxylation sites is 1. The van der Waals surface area contributed by atoms with Crippen LogP contribution < -0.4 is 10.1 Å². The van der Waals surface area contributed by atoms with Crippen molar-refractivity contribution in [2.45, 2.75) is 6.54 Å². The molecule has 0 fully saturated rings. The molecule has 0 spiro atoms. The average Bonchev–Trinajstić information content (AvgIpc) is 2.65. The summed E-state index contributed by atoms with van der Waals surface area (Å²) in [6, 6.07) is 16.5. The van der Waals surface area contributed by atoms with Crippen molar-refractivity contribution >= 4 is 11.7 Å². The highest BCUT2D eigenvalue weighted by molar-refractivity contribution is 5.89. The largest absolute Gasteiger partial charge is 0.457 e. The van der Waals surface area contributed by atoms with Gasteiger partial charge in [0, 0.05) is 25.1 Å². The predicted octanol–water partition coefficient (Wildman–Crippen LogP) is 3.93. The Bertz CT molecular complexity index is 808. The SMILES string of the molecule is CN(Cc1cnccn1)C(=O)Nc1ccc(Oc2ccccc2)cc1. The van der Waals surface area contributed by atoms with Crippen molar-refractivity contribution in [3.05, 3.63) is 78.9 Å². The second kappa shape index (κ2) is 7.92. The molecule has 1 N–H and O–H groups in total. The van der Waals surface area contributed by atoms with Gasteiger partial charge in [-0.05, 0) is 36.4 Å². The molecule has 3 rings (SSSR count). The standard InChI is InChI=1S/C19H18N4O2/c1-23(14-16-13-20-11-12-21-16)19(24)22-15-7-9-18(10-8-15)25-17-5-3-2-4-6-17/h2-13H,14H2,1H3,(H,22,24). The smallest absolute Gasteiger partial charge is 0.321 e. The van der Waals surface area contributed by atoms with E-state index in [0.29, 0.717) is 18.0 Å². The maximum Gasteiger partial charge on any atom is 0.321 e. The second-order valence-corrected chi connectivity index (χ2v) is 5.42. The number of anilines is 1. The Balaban J connectivity index is 1.56. The van der Waals surface area contributed by atoms with Crippen LogP contribution in [-0.4, -0.2) is 27.9 Å². The summed E-state index contributed by atoms with van der Waals surface area (Å²) in [6.45, 7) is 0.384.